The van der Waals surface area contributed by atoms with Gasteiger partial charge in [0.1, 0.15) is 0 Å². The summed E-state index contributed by atoms with van der Waals surface area (Å²) in [5, 5.41) is 4.59. The van der Waals surface area contributed by atoms with Crippen LogP contribution in [0.25, 0.3) is 0 Å². The van der Waals surface area contributed by atoms with E-state index in [4.69, 9.17) is 0 Å². The van der Waals surface area contributed by atoms with Crippen molar-refractivity contribution in [2.75, 3.05) is 19.6 Å². The third-order valence-electron chi connectivity index (χ3n) is 5.55. The largest absolute Gasteiger partial charge is 0.340 e. The third-order valence-corrected chi connectivity index (χ3v) is 6.63. The van der Waals surface area contributed by atoms with Gasteiger partial charge in [0.25, 0.3) is 0 Å². The highest BCUT2D eigenvalue weighted by Gasteiger charge is 2.48. The smallest absolute Gasteiger partial charge is 0.324 e. The molecule has 3 heterocycles. The van der Waals surface area contributed by atoms with Crippen LogP contribution >= 0.6 is 11.3 Å². The Kier molecular flexibility index (Phi) is 3.83. The Morgan fingerprint density at radius 1 is 1.29 bits per heavy atom. The molecule has 0 spiro atoms. The SMILES string of the molecule is O=C1CNC(=O)N1C1CCN(C(=O)C2(c3cccs3)CCCC2)C1. The fraction of sp³-hybridized carbons (Fsp3) is 0.588. The molecule has 128 valence electrons. The van der Waals surface area contributed by atoms with Crippen LogP contribution in [0.2, 0.25) is 0 Å². The number of thiophene rings is 1. The number of nitrogens with one attached hydrogen (secondary N) is 1. The highest BCUT2D eigenvalue weighted by Crippen LogP contribution is 2.45. The minimum atomic E-state index is -0.389. The van der Waals surface area contributed by atoms with Crippen molar-refractivity contribution >= 4 is 29.2 Å². The van der Waals surface area contributed by atoms with Crippen molar-refractivity contribution in [3.05, 3.63) is 22.4 Å². The molecule has 1 aromatic heterocycles. The number of likely N-dealkylation sites (tertiary alicyclic amines) is 1. The molecule has 2 aliphatic heterocycles. The van der Waals surface area contributed by atoms with Gasteiger partial charge >= 0.3 is 6.03 Å². The lowest BCUT2D eigenvalue weighted by atomic mass is 9.83. The predicted molar refractivity (Wildman–Crippen MR) is 89.7 cm³/mol. The van der Waals surface area contributed by atoms with E-state index < -0.39 is 0 Å². The van der Waals surface area contributed by atoms with Crippen LogP contribution in [-0.2, 0) is 15.0 Å². The molecule has 1 aliphatic carbocycles. The van der Waals surface area contributed by atoms with Crippen LogP contribution in [0.3, 0.4) is 0 Å². The van der Waals surface area contributed by atoms with E-state index in [1.54, 1.807) is 11.3 Å². The van der Waals surface area contributed by atoms with Gasteiger partial charge in [0.05, 0.1) is 18.0 Å². The monoisotopic (exact) mass is 347 g/mol. The van der Waals surface area contributed by atoms with Crippen molar-refractivity contribution in [1.29, 1.82) is 0 Å². The van der Waals surface area contributed by atoms with Crippen molar-refractivity contribution in [3.63, 3.8) is 0 Å². The first kappa shape index (κ1) is 15.6. The van der Waals surface area contributed by atoms with Gasteiger partial charge in [0.15, 0.2) is 0 Å². The summed E-state index contributed by atoms with van der Waals surface area (Å²) in [5.74, 6) is -0.00913. The van der Waals surface area contributed by atoms with E-state index in [2.05, 4.69) is 11.4 Å². The van der Waals surface area contributed by atoms with E-state index >= 15 is 0 Å². The zero-order valence-corrected chi connectivity index (χ0v) is 14.3. The number of hydrogen-bond acceptors (Lipinski definition) is 4. The molecule has 6 nitrogen and oxygen atoms in total. The summed E-state index contributed by atoms with van der Waals surface area (Å²) in [6.07, 6.45) is 4.63. The molecule has 1 N–H and O–H groups in total. The predicted octanol–water partition coefficient (Wildman–Crippen LogP) is 1.71. The van der Waals surface area contributed by atoms with Gasteiger partial charge in [-0.15, -0.1) is 11.3 Å². The number of nitrogens with zero attached hydrogens (tertiary/aromatic N) is 2. The van der Waals surface area contributed by atoms with Crippen molar-refractivity contribution in [3.8, 4) is 0 Å². The van der Waals surface area contributed by atoms with Gasteiger partial charge in [-0.05, 0) is 30.7 Å². The normalized spacial score (nSPS) is 26.2. The molecule has 1 atom stereocenters. The molecule has 3 fully saturated rings. The molecule has 24 heavy (non-hydrogen) atoms. The van der Waals surface area contributed by atoms with Crippen molar-refractivity contribution in [2.45, 2.75) is 43.6 Å². The topological polar surface area (TPSA) is 69.7 Å². The van der Waals surface area contributed by atoms with Gasteiger partial charge in [-0.2, -0.15) is 0 Å². The number of imide groups is 1. The number of urea groups is 1. The Morgan fingerprint density at radius 2 is 2.08 bits per heavy atom. The number of hydrogen-bond donors (Lipinski definition) is 1. The molecule has 1 saturated carbocycles. The van der Waals surface area contributed by atoms with Gasteiger partial charge in [0.2, 0.25) is 11.8 Å². The zero-order chi connectivity index (χ0) is 16.7. The van der Waals surface area contributed by atoms with E-state index in [9.17, 15) is 14.4 Å². The standard InChI is InChI=1S/C17H21N3O3S/c21-14-10-18-16(23)20(14)12-5-8-19(11-12)15(22)17(6-1-2-7-17)13-4-3-9-24-13/h3-4,9,12H,1-2,5-8,10-11H2,(H,18,23). The maximum absolute atomic E-state index is 13.3. The Bertz CT molecular complexity index is 651. The third kappa shape index (κ3) is 2.33. The molecular formula is C17H21N3O3S. The molecule has 0 aromatic carbocycles. The minimum Gasteiger partial charge on any atom is -0.340 e. The number of carbonyl (C=O) groups excluding carboxylic acids is 3. The molecule has 1 aromatic rings. The molecular weight excluding hydrogens is 326 g/mol. The molecule has 0 radical (unpaired) electrons. The molecule has 4 amide bonds. The minimum absolute atomic E-state index is 0.0718. The van der Waals surface area contributed by atoms with Gasteiger partial charge in [-0.1, -0.05) is 18.9 Å². The van der Waals surface area contributed by atoms with Crippen LogP contribution in [0.1, 0.15) is 37.0 Å². The van der Waals surface area contributed by atoms with E-state index in [0.29, 0.717) is 19.5 Å². The lowest BCUT2D eigenvalue weighted by Crippen LogP contribution is -2.47. The molecule has 7 heteroatoms. The fourth-order valence-electron chi connectivity index (χ4n) is 4.34. The molecule has 2 saturated heterocycles. The van der Waals surface area contributed by atoms with Crippen molar-refractivity contribution in [1.82, 2.24) is 15.1 Å². The second-order valence-corrected chi connectivity index (χ2v) is 7.83. The summed E-state index contributed by atoms with van der Waals surface area (Å²) in [6, 6.07) is 3.56. The second kappa shape index (κ2) is 5.88. The highest BCUT2D eigenvalue weighted by molar-refractivity contribution is 7.10. The highest BCUT2D eigenvalue weighted by atomic mass is 32.1. The number of rotatable bonds is 3. The lowest BCUT2D eigenvalue weighted by molar-refractivity contribution is -0.137. The Morgan fingerprint density at radius 3 is 2.71 bits per heavy atom. The average Bonchev–Trinajstić information content (AvgIpc) is 3.35. The van der Waals surface area contributed by atoms with Crippen molar-refractivity contribution < 1.29 is 14.4 Å². The zero-order valence-electron chi connectivity index (χ0n) is 13.5. The van der Waals surface area contributed by atoms with E-state index in [0.717, 1.165) is 30.6 Å². The van der Waals surface area contributed by atoms with Crippen LogP contribution in [0.4, 0.5) is 4.79 Å². The molecule has 4 rings (SSSR count). The molecule has 0 bridgehead atoms. The molecule has 1 unspecified atom stereocenters. The maximum Gasteiger partial charge on any atom is 0.324 e. The first-order chi connectivity index (χ1) is 11.6. The Hall–Kier alpha value is -1.89. The van der Waals surface area contributed by atoms with Crippen LogP contribution in [-0.4, -0.2) is 53.3 Å². The van der Waals surface area contributed by atoms with Crippen molar-refractivity contribution in [2.24, 2.45) is 0 Å². The Balaban J connectivity index is 1.53. The Labute approximate surface area is 144 Å². The summed E-state index contributed by atoms with van der Waals surface area (Å²) in [5.41, 5.74) is -0.389. The summed E-state index contributed by atoms with van der Waals surface area (Å²) in [4.78, 5) is 41.4. The quantitative estimate of drug-likeness (QED) is 0.847. The first-order valence-electron chi connectivity index (χ1n) is 8.55. The number of amides is 4. The van der Waals surface area contributed by atoms with Crippen LogP contribution in [0, 0.1) is 0 Å². The van der Waals surface area contributed by atoms with E-state index in [1.807, 2.05) is 16.3 Å². The van der Waals surface area contributed by atoms with Gasteiger partial charge in [-0.3, -0.25) is 14.5 Å². The maximum atomic E-state index is 13.3. The number of carbonyl (C=O) groups is 3. The van der Waals surface area contributed by atoms with Gasteiger partial charge in [0, 0.05) is 18.0 Å². The lowest BCUT2D eigenvalue weighted by Gasteiger charge is -2.32. The summed E-state index contributed by atoms with van der Waals surface area (Å²) in [7, 11) is 0. The molecule has 3 aliphatic rings. The first-order valence-corrected chi connectivity index (χ1v) is 9.43. The summed E-state index contributed by atoms with van der Waals surface area (Å²) < 4.78 is 0. The van der Waals surface area contributed by atoms with Gasteiger partial charge < -0.3 is 10.2 Å². The average molecular weight is 347 g/mol. The van der Waals surface area contributed by atoms with E-state index in [-0.39, 0.29) is 35.8 Å². The van der Waals surface area contributed by atoms with Gasteiger partial charge in [-0.25, -0.2) is 4.79 Å². The van der Waals surface area contributed by atoms with Crippen LogP contribution in [0.5, 0.6) is 0 Å². The van der Waals surface area contributed by atoms with E-state index in [1.165, 1.54) is 4.90 Å². The fourth-order valence-corrected chi connectivity index (χ4v) is 5.32. The van der Waals surface area contributed by atoms with Crippen LogP contribution < -0.4 is 5.32 Å². The van der Waals surface area contributed by atoms with Crippen LogP contribution in [0.15, 0.2) is 17.5 Å². The second-order valence-electron chi connectivity index (χ2n) is 6.88. The summed E-state index contributed by atoms with van der Waals surface area (Å²) >= 11 is 1.66. The summed E-state index contributed by atoms with van der Waals surface area (Å²) in [6.45, 7) is 1.15.